The van der Waals surface area contributed by atoms with Gasteiger partial charge in [0.1, 0.15) is 17.5 Å². The lowest BCUT2D eigenvalue weighted by molar-refractivity contribution is 0.627. The highest BCUT2D eigenvalue weighted by Crippen LogP contribution is 2.26. The molecule has 1 aromatic carbocycles. The van der Waals surface area contributed by atoms with Gasteiger partial charge in [0.05, 0.1) is 5.69 Å². The smallest absolute Gasteiger partial charge is 0.142 e. The summed E-state index contributed by atoms with van der Waals surface area (Å²) in [6.07, 6.45) is 0. The molecule has 0 fully saturated rings. The van der Waals surface area contributed by atoms with Crippen LogP contribution in [-0.2, 0) is 0 Å². The van der Waals surface area contributed by atoms with Crippen LogP contribution in [0.15, 0.2) is 40.9 Å². The van der Waals surface area contributed by atoms with Gasteiger partial charge in [-0.2, -0.15) is 0 Å². The molecule has 0 saturated carbocycles. The van der Waals surface area contributed by atoms with E-state index in [1.54, 1.807) is 18.2 Å². The summed E-state index contributed by atoms with van der Waals surface area (Å²) < 4.78 is 13.5. The van der Waals surface area contributed by atoms with Gasteiger partial charge in [-0.1, -0.05) is 6.07 Å². The SMILES string of the molecule is NNc1cccc(Nc2ccc(F)cc2Br)n1. The molecule has 0 unspecified atom stereocenters. The molecule has 0 spiro atoms. The maximum atomic E-state index is 12.9. The van der Waals surface area contributed by atoms with Gasteiger partial charge >= 0.3 is 0 Å². The third-order valence-electron chi connectivity index (χ3n) is 2.09. The van der Waals surface area contributed by atoms with E-state index in [0.29, 0.717) is 16.1 Å². The van der Waals surface area contributed by atoms with E-state index >= 15 is 0 Å². The van der Waals surface area contributed by atoms with Crippen LogP contribution in [0.5, 0.6) is 0 Å². The maximum Gasteiger partial charge on any atom is 0.142 e. The molecule has 0 aliphatic heterocycles. The second kappa shape index (κ2) is 5.11. The molecule has 2 rings (SSSR count). The molecule has 0 saturated heterocycles. The minimum Gasteiger partial charge on any atom is -0.339 e. The zero-order valence-electron chi connectivity index (χ0n) is 8.74. The number of pyridine rings is 1. The largest absolute Gasteiger partial charge is 0.339 e. The summed E-state index contributed by atoms with van der Waals surface area (Å²) in [5.41, 5.74) is 3.18. The maximum absolute atomic E-state index is 12.9. The van der Waals surface area contributed by atoms with Gasteiger partial charge in [-0.25, -0.2) is 15.2 Å². The van der Waals surface area contributed by atoms with Crippen molar-refractivity contribution in [2.45, 2.75) is 0 Å². The number of nitrogens with zero attached hydrogens (tertiary/aromatic N) is 1. The lowest BCUT2D eigenvalue weighted by atomic mass is 10.3. The van der Waals surface area contributed by atoms with Crippen LogP contribution in [0.1, 0.15) is 0 Å². The molecule has 0 aliphatic carbocycles. The fourth-order valence-electron chi connectivity index (χ4n) is 1.31. The lowest BCUT2D eigenvalue weighted by Crippen LogP contribution is -2.09. The van der Waals surface area contributed by atoms with Crippen molar-refractivity contribution in [3.05, 3.63) is 46.7 Å². The molecule has 17 heavy (non-hydrogen) atoms. The van der Waals surface area contributed by atoms with Crippen LogP contribution in [0.25, 0.3) is 0 Å². The number of anilines is 3. The molecule has 1 aromatic heterocycles. The van der Waals surface area contributed by atoms with Crippen LogP contribution in [0.2, 0.25) is 0 Å². The molecule has 88 valence electrons. The van der Waals surface area contributed by atoms with E-state index in [9.17, 15) is 4.39 Å². The molecule has 0 bridgehead atoms. The number of hydrogen-bond donors (Lipinski definition) is 3. The highest BCUT2D eigenvalue weighted by Gasteiger charge is 2.03. The summed E-state index contributed by atoms with van der Waals surface area (Å²) in [6.45, 7) is 0. The Morgan fingerprint density at radius 2 is 1.94 bits per heavy atom. The molecule has 0 radical (unpaired) electrons. The number of nitrogen functional groups attached to an aromatic ring is 1. The third kappa shape index (κ3) is 2.92. The predicted molar refractivity (Wildman–Crippen MR) is 69.4 cm³/mol. The monoisotopic (exact) mass is 296 g/mol. The average Bonchev–Trinajstić information content (AvgIpc) is 2.33. The molecule has 2 aromatic rings. The van der Waals surface area contributed by atoms with E-state index in [1.807, 2.05) is 6.07 Å². The lowest BCUT2D eigenvalue weighted by Gasteiger charge is -2.08. The van der Waals surface area contributed by atoms with Crippen molar-refractivity contribution in [3.8, 4) is 0 Å². The molecular weight excluding hydrogens is 287 g/mol. The summed E-state index contributed by atoms with van der Waals surface area (Å²) in [7, 11) is 0. The number of nitrogens with two attached hydrogens (primary N) is 1. The molecule has 0 atom stereocenters. The normalized spacial score (nSPS) is 10.1. The second-order valence-corrected chi connectivity index (χ2v) is 4.16. The highest BCUT2D eigenvalue weighted by atomic mass is 79.9. The summed E-state index contributed by atoms with van der Waals surface area (Å²) in [4.78, 5) is 4.19. The number of hydrogen-bond acceptors (Lipinski definition) is 4. The minimum atomic E-state index is -0.298. The van der Waals surface area contributed by atoms with Gasteiger partial charge in [0.25, 0.3) is 0 Å². The average molecular weight is 297 g/mol. The quantitative estimate of drug-likeness (QED) is 0.602. The van der Waals surface area contributed by atoms with Gasteiger partial charge in [-0.05, 0) is 46.3 Å². The Labute approximate surface area is 106 Å². The number of nitrogens with one attached hydrogen (secondary N) is 2. The number of hydrazine groups is 1. The van der Waals surface area contributed by atoms with Crippen molar-refractivity contribution in [2.24, 2.45) is 5.84 Å². The Balaban J connectivity index is 2.25. The van der Waals surface area contributed by atoms with Crippen LogP contribution in [0.3, 0.4) is 0 Å². The number of halogens is 2. The first-order valence-electron chi connectivity index (χ1n) is 4.85. The van der Waals surface area contributed by atoms with Crippen LogP contribution in [0.4, 0.5) is 21.7 Å². The highest BCUT2D eigenvalue weighted by molar-refractivity contribution is 9.10. The van der Waals surface area contributed by atoms with Crippen LogP contribution < -0.4 is 16.6 Å². The van der Waals surface area contributed by atoms with E-state index in [-0.39, 0.29) is 5.82 Å². The van der Waals surface area contributed by atoms with E-state index in [4.69, 9.17) is 5.84 Å². The number of aromatic nitrogens is 1. The van der Waals surface area contributed by atoms with Crippen molar-refractivity contribution in [1.82, 2.24) is 4.98 Å². The summed E-state index contributed by atoms with van der Waals surface area (Å²) in [6, 6.07) is 9.72. The molecule has 4 N–H and O–H groups in total. The third-order valence-corrected chi connectivity index (χ3v) is 2.75. The first-order chi connectivity index (χ1) is 8.19. The van der Waals surface area contributed by atoms with Crippen molar-refractivity contribution in [2.75, 3.05) is 10.7 Å². The minimum absolute atomic E-state index is 0.298. The first-order valence-corrected chi connectivity index (χ1v) is 5.64. The Hall–Kier alpha value is -1.66. The Morgan fingerprint density at radius 1 is 1.18 bits per heavy atom. The van der Waals surface area contributed by atoms with Gasteiger partial charge in [0.2, 0.25) is 0 Å². The Kier molecular flexibility index (Phi) is 3.55. The van der Waals surface area contributed by atoms with Crippen molar-refractivity contribution >= 4 is 33.3 Å². The van der Waals surface area contributed by atoms with Gasteiger partial charge in [0.15, 0.2) is 0 Å². The fraction of sp³-hybridized carbons (Fsp3) is 0. The van der Waals surface area contributed by atoms with Gasteiger partial charge in [-0.15, -0.1) is 0 Å². The van der Waals surface area contributed by atoms with Gasteiger partial charge < -0.3 is 10.7 Å². The first kappa shape index (κ1) is 11.8. The number of benzene rings is 1. The van der Waals surface area contributed by atoms with Crippen LogP contribution in [0, 0.1) is 5.82 Å². The van der Waals surface area contributed by atoms with Crippen molar-refractivity contribution < 1.29 is 4.39 Å². The van der Waals surface area contributed by atoms with Crippen LogP contribution in [-0.4, -0.2) is 4.98 Å². The molecule has 0 aliphatic rings. The Bertz CT molecular complexity index is 533. The predicted octanol–water partition coefficient (Wildman–Crippen LogP) is 3.01. The van der Waals surface area contributed by atoms with Crippen LogP contribution >= 0.6 is 15.9 Å². The molecule has 1 heterocycles. The van der Waals surface area contributed by atoms with E-state index in [0.717, 1.165) is 5.69 Å². The Morgan fingerprint density at radius 3 is 2.65 bits per heavy atom. The van der Waals surface area contributed by atoms with E-state index in [1.165, 1.54) is 12.1 Å². The molecular formula is C11H10BrFN4. The topological polar surface area (TPSA) is 63.0 Å². The summed E-state index contributed by atoms with van der Waals surface area (Å²) >= 11 is 3.27. The molecule has 4 nitrogen and oxygen atoms in total. The van der Waals surface area contributed by atoms with Gasteiger partial charge in [-0.3, -0.25) is 0 Å². The van der Waals surface area contributed by atoms with Crippen molar-refractivity contribution in [1.29, 1.82) is 0 Å². The van der Waals surface area contributed by atoms with Crippen molar-refractivity contribution in [3.63, 3.8) is 0 Å². The zero-order valence-corrected chi connectivity index (χ0v) is 10.3. The van der Waals surface area contributed by atoms with E-state index in [2.05, 4.69) is 31.7 Å². The second-order valence-electron chi connectivity index (χ2n) is 3.30. The van der Waals surface area contributed by atoms with Gasteiger partial charge in [0, 0.05) is 4.47 Å². The standard InChI is InChI=1S/C11H10BrFN4/c12-8-6-7(13)4-5-9(8)15-10-2-1-3-11(16-10)17-14/h1-6H,14H2,(H2,15,16,17). The molecule has 6 heteroatoms. The zero-order chi connectivity index (χ0) is 12.3. The summed E-state index contributed by atoms with van der Waals surface area (Å²) in [5.74, 6) is 6.13. The fourth-order valence-corrected chi connectivity index (χ4v) is 1.76. The summed E-state index contributed by atoms with van der Waals surface area (Å²) in [5, 5.41) is 3.05. The number of rotatable bonds is 3. The molecule has 0 amide bonds. The van der Waals surface area contributed by atoms with E-state index < -0.39 is 0 Å².